The Labute approximate surface area is 197 Å². The van der Waals surface area contributed by atoms with Crippen LogP contribution in [0.25, 0.3) is 11.1 Å². The Morgan fingerprint density at radius 2 is 1.79 bits per heavy atom. The van der Waals surface area contributed by atoms with E-state index in [2.05, 4.69) is 26.3 Å². The number of nitrogens with one attached hydrogen (secondary N) is 1. The lowest BCUT2D eigenvalue weighted by atomic mass is 9.81. The van der Waals surface area contributed by atoms with Crippen LogP contribution in [0.15, 0.2) is 54.9 Å². The number of fused-ring (bicyclic) bond motifs is 2. The van der Waals surface area contributed by atoms with E-state index in [-0.39, 0.29) is 22.6 Å². The summed E-state index contributed by atoms with van der Waals surface area (Å²) in [4.78, 5) is 26.7. The van der Waals surface area contributed by atoms with E-state index in [4.69, 9.17) is 0 Å². The summed E-state index contributed by atoms with van der Waals surface area (Å²) < 4.78 is 14.2. The quantitative estimate of drug-likeness (QED) is 0.649. The number of benzene rings is 2. The van der Waals surface area contributed by atoms with Crippen LogP contribution in [0.5, 0.6) is 0 Å². The fraction of sp³-hybridized carbons (Fsp3) is 0.370. The minimum Gasteiger partial charge on any atom is -0.338 e. The molecule has 0 bridgehead atoms. The zero-order valence-electron chi connectivity index (χ0n) is 18.9. The summed E-state index contributed by atoms with van der Waals surface area (Å²) in [6.07, 6.45) is 6.72. The van der Waals surface area contributed by atoms with Crippen molar-refractivity contribution in [1.82, 2.24) is 20.2 Å². The van der Waals surface area contributed by atoms with Crippen LogP contribution in [-0.4, -0.2) is 53.5 Å². The molecule has 1 amide bonds. The minimum atomic E-state index is -0.285. The van der Waals surface area contributed by atoms with Crippen molar-refractivity contribution >= 4 is 17.5 Å². The predicted octanol–water partition coefficient (Wildman–Crippen LogP) is 3.90. The molecule has 2 spiro atoms. The van der Waals surface area contributed by atoms with Gasteiger partial charge in [-0.3, -0.25) is 4.79 Å². The lowest BCUT2D eigenvalue weighted by molar-refractivity contribution is 0.0752. The molecule has 1 aliphatic carbocycles. The fourth-order valence-electron chi connectivity index (χ4n) is 5.92. The molecule has 1 aromatic heterocycles. The third-order valence-electron chi connectivity index (χ3n) is 8.21. The zero-order valence-corrected chi connectivity index (χ0v) is 18.9. The molecular formula is C27H26FN5O. The molecule has 2 aromatic carbocycles. The molecule has 172 valence electrons. The van der Waals surface area contributed by atoms with Crippen LogP contribution >= 0.6 is 0 Å². The molecule has 7 rings (SSSR count). The Bertz CT molecular complexity index is 1300. The van der Waals surface area contributed by atoms with Crippen molar-refractivity contribution in [2.45, 2.75) is 24.7 Å². The van der Waals surface area contributed by atoms with Gasteiger partial charge in [0.1, 0.15) is 5.82 Å². The number of anilines is 2. The van der Waals surface area contributed by atoms with Gasteiger partial charge in [0, 0.05) is 78.3 Å². The molecular weight excluding hydrogens is 429 g/mol. The number of carbonyl (C=O) groups excluding carboxylic acids is 1. The first-order valence-electron chi connectivity index (χ1n) is 12.1. The lowest BCUT2D eigenvalue weighted by Gasteiger charge is -2.39. The smallest absolute Gasteiger partial charge is 0.253 e. The number of nitrogens with zero attached hydrogens (tertiary/aromatic N) is 4. The van der Waals surface area contributed by atoms with Gasteiger partial charge in [-0.2, -0.15) is 0 Å². The van der Waals surface area contributed by atoms with Crippen molar-refractivity contribution < 1.29 is 9.18 Å². The van der Waals surface area contributed by atoms with E-state index in [0.29, 0.717) is 17.1 Å². The summed E-state index contributed by atoms with van der Waals surface area (Å²) in [7, 11) is 0. The maximum atomic E-state index is 14.2. The summed E-state index contributed by atoms with van der Waals surface area (Å²) in [6.45, 7) is 4.50. The van der Waals surface area contributed by atoms with Crippen LogP contribution in [0.3, 0.4) is 0 Å². The molecule has 2 saturated heterocycles. The summed E-state index contributed by atoms with van der Waals surface area (Å²) in [5, 5.41) is 3.36. The highest BCUT2D eigenvalue weighted by Gasteiger charge is 2.53. The highest BCUT2D eigenvalue weighted by molar-refractivity contribution is 5.96. The molecule has 0 atom stereocenters. The van der Waals surface area contributed by atoms with Crippen LogP contribution in [0.2, 0.25) is 0 Å². The van der Waals surface area contributed by atoms with Gasteiger partial charge in [-0.25, -0.2) is 14.4 Å². The minimum absolute atomic E-state index is 0.110. The average molecular weight is 456 g/mol. The normalized spacial score (nSPS) is 21.1. The van der Waals surface area contributed by atoms with E-state index >= 15 is 0 Å². The van der Waals surface area contributed by atoms with Gasteiger partial charge >= 0.3 is 0 Å². The second-order valence-electron chi connectivity index (χ2n) is 10.4. The van der Waals surface area contributed by atoms with Gasteiger partial charge in [-0.05, 0) is 43.0 Å². The molecule has 4 aliphatic rings. The standard InChI is InChI=1S/C27H26FN5O/c28-22-4-2-1-3-20(22)19-12-30-25(31-13-19)33-17-27(7-8-27)21-6-5-18(11-23(21)33)24(34)32-10-9-26(16-32)14-29-15-26/h1-6,11-13,29H,7-10,14-17H2. The van der Waals surface area contributed by atoms with E-state index in [0.717, 1.165) is 63.2 Å². The molecule has 4 heterocycles. The van der Waals surface area contributed by atoms with Gasteiger partial charge in [0.15, 0.2) is 0 Å². The Kier molecular flexibility index (Phi) is 4.19. The van der Waals surface area contributed by atoms with Gasteiger partial charge in [0.05, 0.1) is 0 Å². The van der Waals surface area contributed by atoms with Crippen molar-refractivity contribution in [3.05, 3.63) is 71.8 Å². The van der Waals surface area contributed by atoms with Crippen molar-refractivity contribution in [2.24, 2.45) is 5.41 Å². The van der Waals surface area contributed by atoms with E-state index in [1.165, 1.54) is 11.6 Å². The molecule has 3 aromatic rings. The second-order valence-corrected chi connectivity index (χ2v) is 10.4. The third-order valence-corrected chi connectivity index (χ3v) is 8.21. The Balaban J connectivity index is 1.20. The highest BCUT2D eigenvalue weighted by Crippen LogP contribution is 2.57. The zero-order chi connectivity index (χ0) is 22.9. The summed E-state index contributed by atoms with van der Waals surface area (Å²) in [6, 6.07) is 12.8. The number of likely N-dealkylation sites (tertiary alicyclic amines) is 1. The number of carbonyl (C=O) groups is 1. The molecule has 7 heteroatoms. The number of hydrogen-bond donors (Lipinski definition) is 1. The molecule has 3 aliphatic heterocycles. The van der Waals surface area contributed by atoms with E-state index in [1.54, 1.807) is 24.5 Å². The van der Waals surface area contributed by atoms with Crippen molar-refractivity contribution in [3.8, 4) is 11.1 Å². The van der Waals surface area contributed by atoms with Crippen LogP contribution in [0.1, 0.15) is 35.2 Å². The Hall–Kier alpha value is -3.32. The molecule has 3 fully saturated rings. The van der Waals surface area contributed by atoms with Crippen LogP contribution in [0, 0.1) is 11.2 Å². The van der Waals surface area contributed by atoms with Gasteiger partial charge in [-0.15, -0.1) is 0 Å². The summed E-state index contributed by atoms with van der Waals surface area (Å²) in [5.41, 5.74) is 4.61. The molecule has 1 saturated carbocycles. The maximum Gasteiger partial charge on any atom is 0.253 e. The van der Waals surface area contributed by atoms with Crippen molar-refractivity contribution in [1.29, 1.82) is 0 Å². The topological polar surface area (TPSA) is 61.4 Å². The number of aromatic nitrogens is 2. The first-order valence-corrected chi connectivity index (χ1v) is 12.1. The van der Waals surface area contributed by atoms with Crippen molar-refractivity contribution in [2.75, 3.05) is 37.6 Å². The number of amides is 1. The monoisotopic (exact) mass is 455 g/mol. The summed E-state index contributed by atoms with van der Waals surface area (Å²) >= 11 is 0. The number of hydrogen-bond acceptors (Lipinski definition) is 5. The van der Waals surface area contributed by atoms with Crippen LogP contribution < -0.4 is 10.2 Å². The number of halogens is 1. The molecule has 34 heavy (non-hydrogen) atoms. The van der Waals surface area contributed by atoms with Gasteiger partial charge in [0.25, 0.3) is 5.91 Å². The molecule has 1 N–H and O–H groups in total. The van der Waals surface area contributed by atoms with Gasteiger partial charge < -0.3 is 15.1 Å². The highest BCUT2D eigenvalue weighted by atomic mass is 19.1. The fourth-order valence-corrected chi connectivity index (χ4v) is 5.92. The first kappa shape index (κ1) is 20.1. The van der Waals surface area contributed by atoms with Crippen LogP contribution in [-0.2, 0) is 5.41 Å². The lowest BCUT2D eigenvalue weighted by Crippen LogP contribution is -2.55. The molecule has 0 radical (unpaired) electrons. The summed E-state index contributed by atoms with van der Waals surface area (Å²) in [5.74, 6) is 0.418. The Morgan fingerprint density at radius 1 is 1.00 bits per heavy atom. The van der Waals surface area contributed by atoms with Crippen LogP contribution in [0.4, 0.5) is 16.0 Å². The third kappa shape index (κ3) is 2.99. The van der Waals surface area contributed by atoms with Crippen molar-refractivity contribution in [3.63, 3.8) is 0 Å². The average Bonchev–Trinajstić information content (AvgIpc) is 3.34. The van der Waals surface area contributed by atoms with E-state index in [1.807, 2.05) is 23.1 Å². The maximum absolute atomic E-state index is 14.2. The second kappa shape index (κ2) is 7.09. The molecule has 0 unspecified atom stereocenters. The first-order chi connectivity index (χ1) is 16.6. The van der Waals surface area contributed by atoms with E-state index < -0.39 is 0 Å². The molecule has 6 nitrogen and oxygen atoms in total. The largest absolute Gasteiger partial charge is 0.338 e. The Morgan fingerprint density at radius 3 is 2.47 bits per heavy atom. The SMILES string of the molecule is O=C(c1ccc2c(c1)N(c1ncc(-c3ccccc3F)cn1)CC21CC1)N1CCC2(CNC2)C1. The van der Waals surface area contributed by atoms with E-state index in [9.17, 15) is 9.18 Å². The van der Waals surface area contributed by atoms with Gasteiger partial charge in [0.2, 0.25) is 5.95 Å². The number of rotatable bonds is 3. The van der Waals surface area contributed by atoms with Gasteiger partial charge in [-0.1, -0.05) is 24.3 Å². The predicted molar refractivity (Wildman–Crippen MR) is 128 cm³/mol.